The van der Waals surface area contributed by atoms with Crippen molar-refractivity contribution in [1.29, 1.82) is 0 Å². The van der Waals surface area contributed by atoms with Gasteiger partial charge in [-0.05, 0) is 56.1 Å². The Morgan fingerprint density at radius 2 is 2.25 bits per heavy atom. The molecule has 0 radical (unpaired) electrons. The van der Waals surface area contributed by atoms with Gasteiger partial charge in [0.1, 0.15) is 0 Å². The average Bonchev–Trinajstić information content (AvgIpc) is 2.26. The molecule has 88 valence electrons. The van der Waals surface area contributed by atoms with E-state index in [1.807, 2.05) is 0 Å². The second kappa shape index (κ2) is 3.22. The summed E-state index contributed by atoms with van der Waals surface area (Å²) in [7, 11) is 0. The molecule has 1 saturated heterocycles. The van der Waals surface area contributed by atoms with Crippen LogP contribution in [-0.2, 0) is 4.74 Å². The summed E-state index contributed by atoms with van der Waals surface area (Å²) < 4.78 is 6.30. The van der Waals surface area contributed by atoms with Crippen LogP contribution in [0, 0.1) is 11.3 Å². The molecule has 3 atom stereocenters. The van der Waals surface area contributed by atoms with Gasteiger partial charge in [-0.3, -0.25) is 0 Å². The molecule has 2 fully saturated rings. The molecule has 3 unspecified atom stereocenters. The van der Waals surface area contributed by atoms with Crippen molar-refractivity contribution >= 4 is 0 Å². The van der Waals surface area contributed by atoms with Crippen LogP contribution in [0.2, 0.25) is 0 Å². The van der Waals surface area contributed by atoms with Crippen LogP contribution in [0.25, 0.3) is 0 Å². The fourth-order valence-corrected chi connectivity index (χ4v) is 4.16. The van der Waals surface area contributed by atoms with Gasteiger partial charge in [0.15, 0.2) is 0 Å². The first-order chi connectivity index (χ1) is 7.57. The van der Waals surface area contributed by atoms with Crippen molar-refractivity contribution in [1.82, 2.24) is 0 Å². The van der Waals surface area contributed by atoms with Crippen molar-refractivity contribution in [2.45, 2.75) is 51.6 Å². The summed E-state index contributed by atoms with van der Waals surface area (Å²) in [5, 5.41) is 0. The standard InChI is InChI=1S/C15H22O/c1-11-10-16-15-9-13(11)6-8-14(15,3)7-4-5-12(15)2/h5,13H,1,4,6-10H2,2-3H3. The van der Waals surface area contributed by atoms with E-state index in [0.717, 1.165) is 6.61 Å². The summed E-state index contributed by atoms with van der Waals surface area (Å²) >= 11 is 0. The molecule has 0 aromatic carbocycles. The maximum atomic E-state index is 6.30. The number of fused-ring (bicyclic) bond motifs is 1. The Morgan fingerprint density at radius 1 is 1.44 bits per heavy atom. The Hall–Kier alpha value is -0.560. The SMILES string of the molecule is C=C1COC23CC1CCC2(C)CCC=C3C. The highest BCUT2D eigenvalue weighted by Gasteiger charge is 2.57. The van der Waals surface area contributed by atoms with Gasteiger partial charge in [0, 0.05) is 5.41 Å². The van der Waals surface area contributed by atoms with E-state index in [9.17, 15) is 0 Å². The van der Waals surface area contributed by atoms with Crippen LogP contribution in [0.3, 0.4) is 0 Å². The van der Waals surface area contributed by atoms with Gasteiger partial charge in [0.05, 0.1) is 12.2 Å². The minimum atomic E-state index is 0.0509. The molecule has 2 bridgehead atoms. The second-order valence-electron chi connectivity index (χ2n) is 6.20. The Bertz CT molecular complexity index is 368. The molecule has 3 aliphatic rings. The van der Waals surface area contributed by atoms with Crippen molar-refractivity contribution in [2.75, 3.05) is 6.61 Å². The van der Waals surface area contributed by atoms with E-state index < -0.39 is 0 Å². The summed E-state index contributed by atoms with van der Waals surface area (Å²) in [4.78, 5) is 0. The van der Waals surface area contributed by atoms with Crippen LogP contribution >= 0.6 is 0 Å². The molecule has 1 heterocycles. The number of hydrogen-bond donors (Lipinski definition) is 0. The predicted octanol–water partition coefficient (Wildman–Crippen LogP) is 3.86. The molecule has 1 heteroatoms. The lowest BCUT2D eigenvalue weighted by atomic mass is 9.53. The molecule has 0 N–H and O–H groups in total. The molecule has 1 aliphatic heterocycles. The third-order valence-corrected chi connectivity index (χ3v) is 5.42. The maximum Gasteiger partial charge on any atom is 0.0952 e. The van der Waals surface area contributed by atoms with E-state index in [2.05, 4.69) is 26.5 Å². The van der Waals surface area contributed by atoms with Gasteiger partial charge in [0.25, 0.3) is 0 Å². The summed E-state index contributed by atoms with van der Waals surface area (Å²) in [6, 6.07) is 0. The van der Waals surface area contributed by atoms with Gasteiger partial charge in [-0.1, -0.05) is 19.6 Å². The first-order valence-electron chi connectivity index (χ1n) is 6.56. The Kier molecular flexibility index (Phi) is 2.13. The van der Waals surface area contributed by atoms with Gasteiger partial charge < -0.3 is 4.74 Å². The Balaban J connectivity index is 2.06. The quantitative estimate of drug-likeness (QED) is 0.561. The van der Waals surface area contributed by atoms with E-state index in [1.165, 1.54) is 43.3 Å². The zero-order valence-corrected chi connectivity index (χ0v) is 10.5. The number of hydrogen-bond acceptors (Lipinski definition) is 1. The van der Waals surface area contributed by atoms with E-state index in [0.29, 0.717) is 11.3 Å². The van der Waals surface area contributed by atoms with Crippen molar-refractivity contribution < 1.29 is 4.74 Å². The molecule has 1 spiro atoms. The Labute approximate surface area is 98.6 Å². The van der Waals surface area contributed by atoms with E-state index in [1.54, 1.807) is 0 Å². The highest BCUT2D eigenvalue weighted by molar-refractivity contribution is 5.30. The third kappa shape index (κ3) is 1.15. The highest BCUT2D eigenvalue weighted by Crippen LogP contribution is 2.59. The summed E-state index contributed by atoms with van der Waals surface area (Å²) in [6.07, 6.45) is 8.75. The minimum absolute atomic E-state index is 0.0509. The molecule has 0 amide bonds. The fraction of sp³-hybridized carbons (Fsp3) is 0.733. The van der Waals surface area contributed by atoms with Crippen molar-refractivity contribution in [3.8, 4) is 0 Å². The van der Waals surface area contributed by atoms with Gasteiger partial charge in [-0.15, -0.1) is 0 Å². The van der Waals surface area contributed by atoms with Crippen LogP contribution in [-0.4, -0.2) is 12.2 Å². The van der Waals surface area contributed by atoms with Gasteiger partial charge >= 0.3 is 0 Å². The smallest absolute Gasteiger partial charge is 0.0952 e. The fourth-order valence-electron chi connectivity index (χ4n) is 4.16. The first kappa shape index (κ1) is 10.6. The lowest BCUT2D eigenvalue weighted by molar-refractivity contribution is -0.158. The minimum Gasteiger partial charge on any atom is -0.366 e. The van der Waals surface area contributed by atoms with Crippen LogP contribution in [0.1, 0.15) is 46.0 Å². The zero-order chi connectivity index (χ0) is 11.4. The molecule has 0 aromatic heterocycles. The molecular weight excluding hydrogens is 196 g/mol. The lowest BCUT2D eigenvalue weighted by Crippen LogP contribution is -2.58. The van der Waals surface area contributed by atoms with E-state index in [-0.39, 0.29) is 5.60 Å². The second-order valence-corrected chi connectivity index (χ2v) is 6.20. The van der Waals surface area contributed by atoms with Crippen LogP contribution in [0.4, 0.5) is 0 Å². The van der Waals surface area contributed by atoms with E-state index >= 15 is 0 Å². The zero-order valence-electron chi connectivity index (χ0n) is 10.5. The number of ether oxygens (including phenoxy) is 1. The number of rotatable bonds is 0. The van der Waals surface area contributed by atoms with Gasteiger partial charge in [0.2, 0.25) is 0 Å². The predicted molar refractivity (Wildman–Crippen MR) is 66.3 cm³/mol. The first-order valence-corrected chi connectivity index (χ1v) is 6.56. The monoisotopic (exact) mass is 218 g/mol. The third-order valence-electron chi connectivity index (χ3n) is 5.42. The molecule has 2 aliphatic carbocycles. The average molecular weight is 218 g/mol. The van der Waals surface area contributed by atoms with Crippen LogP contribution < -0.4 is 0 Å². The van der Waals surface area contributed by atoms with Crippen LogP contribution in [0.5, 0.6) is 0 Å². The largest absolute Gasteiger partial charge is 0.366 e. The molecule has 1 nitrogen and oxygen atoms in total. The van der Waals surface area contributed by atoms with Gasteiger partial charge in [-0.2, -0.15) is 0 Å². The maximum absolute atomic E-state index is 6.30. The lowest BCUT2D eigenvalue weighted by Gasteiger charge is -2.59. The summed E-state index contributed by atoms with van der Waals surface area (Å²) in [5.74, 6) is 0.711. The number of allylic oxidation sites excluding steroid dienone is 1. The summed E-state index contributed by atoms with van der Waals surface area (Å²) in [5.41, 5.74) is 3.24. The van der Waals surface area contributed by atoms with Crippen LogP contribution in [0.15, 0.2) is 23.8 Å². The van der Waals surface area contributed by atoms with Crippen molar-refractivity contribution in [3.63, 3.8) is 0 Å². The Morgan fingerprint density at radius 3 is 3.06 bits per heavy atom. The molecule has 3 rings (SSSR count). The topological polar surface area (TPSA) is 9.23 Å². The highest BCUT2D eigenvalue weighted by atomic mass is 16.5. The van der Waals surface area contributed by atoms with Crippen molar-refractivity contribution in [2.24, 2.45) is 11.3 Å². The van der Waals surface area contributed by atoms with Crippen molar-refractivity contribution in [3.05, 3.63) is 23.8 Å². The molecule has 16 heavy (non-hydrogen) atoms. The molecule has 0 aromatic rings. The van der Waals surface area contributed by atoms with Gasteiger partial charge in [-0.25, -0.2) is 0 Å². The summed E-state index contributed by atoms with van der Waals surface area (Å²) in [6.45, 7) is 9.67. The molecule has 1 saturated carbocycles. The molecular formula is C15H22O. The normalized spacial score (nSPS) is 47.2. The van der Waals surface area contributed by atoms with E-state index in [4.69, 9.17) is 4.74 Å².